The quantitative estimate of drug-likeness (QED) is 0.568. The van der Waals surface area contributed by atoms with Crippen LogP contribution in [0.4, 0.5) is 9.80 Å². The van der Waals surface area contributed by atoms with Gasteiger partial charge in [-0.25, -0.2) is 4.79 Å². The van der Waals surface area contributed by atoms with E-state index < -0.39 is 6.03 Å². The van der Waals surface area contributed by atoms with Crippen LogP contribution in [0.25, 0.3) is 10.4 Å². The maximum Gasteiger partial charge on any atom is 0.317 e. The largest absolute Gasteiger partial charge is 0.497 e. The van der Waals surface area contributed by atoms with E-state index in [9.17, 15) is 9.59 Å². The normalized spacial score (nSPS) is 11.4. The van der Waals surface area contributed by atoms with Gasteiger partial charge in [-0.2, -0.15) is 0 Å². The van der Waals surface area contributed by atoms with Gasteiger partial charge in [0, 0.05) is 17.3 Å². The zero-order valence-corrected chi connectivity index (χ0v) is 14.8. The molecule has 132 valence electrons. The Hall–Kier alpha value is -2.87. The van der Waals surface area contributed by atoms with Crippen molar-refractivity contribution in [1.82, 2.24) is 5.32 Å². The fourth-order valence-corrected chi connectivity index (χ4v) is 3.26. The molecule has 7 nitrogen and oxygen atoms in total. The molecule has 0 saturated heterocycles. The van der Waals surface area contributed by atoms with Gasteiger partial charge in [-0.05, 0) is 49.0 Å². The lowest BCUT2D eigenvalue weighted by Gasteiger charge is -2.11. The molecule has 0 spiro atoms. The van der Waals surface area contributed by atoms with Crippen LogP contribution in [0.3, 0.4) is 0 Å². The molecular weight excluding hydrogens is 340 g/mol. The molecule has 0 bridgehead atoms. The summed E-state index contributed by atoms with van der Waals surface area (Å²) in [4.78, 5) is 24.5. The highest BCUT2D eigenvalue weighted by Crippen LogP contribution is 2.36. The van der Waals surface area contributed by atoms with Crippen molar-refractivity contribution < 1.29 is 14.3 Å². The average Bonchev–Trinajstić information content (AvgIpc) is 2.98. The van der Waals surface area contributed by atoms with E-state index in [0.29, 0.717) is 17.0 Å². The molecule has 0 radical (unpaired) electrons. The number of nitrogens with two attached hydrogens (primary N) is 1. The summed E-state index contributed by atoms with van der Waals surface area (Å²) >= 11 is 1.26. The second-order valence-corrected chi connectivity index (χ2v) is 6.44. The van der Waals surface area contributed by atoms with E-state index in [1.54, 1.807) is 20.1 Å². The number of thiophene rings is 1. The van der Waals surface area contributed by atoms with E-state index in [2.05, 4.69) is 10.6 Å². The van der Waals surface area contributed by atoms with Gasteiger partial charge in [-0.3, -0.25) is 10.1 Å². The fraction of sp³-hybridized carbons (Fsp3) is 0.235. The average molecular weight is 360 g/mol. The molecular formula is C17H20N4O3S. The van der Waals surface area contributed by atoms with Crippen molar-refractivity contribution in [2.75, 3.05) is 12.4 Å². The zero-order chi connectivity index (χ0) is 18.4. The van der Waals surface area contributed by atoms with Crippen LogP contribution in [-0.4, -0.2) is 31.3 Å². The number of anilines is 1. The second kappa shape index (κ2) is 8.29. The van der Waals surface area contributed by atoms with Crippen LogP contribution >= 0.6 is 11.3 Å². The van der Waals surface area contributed by atoms with Crippen LogP contribution in [0.15, 0.2) is 30.3 Å². The molecule has 1 aromatic heterocycles. The van der Waals surface area contributed by atoms with Crippen molar-refractivity contribution in [1.29, 1.82) is 5.41 Å². The lowest BCUT2D eigenvalue weighted by atomic mass is 10.1. The molecule has 25 heavy (non-hydrogen) atoms. The van der Waals surface area contributed by atoms with Crippen molar-refractivity contribution in [2.24, 2.45) is 5.73 Å². The van der Waals surface area contributed by atoms with Gasteiger partial charge in [0.1, 0.15) is 10.8 Å². The van der Waals surface area contributed by atoms with Gasteiger partial charge < -0.3 is 21.2 Å². The number of benzene rings is 1. The summed E-state index contributed by atoms with van der Waals surface area (Å²) in [6.07, 6.45) is 1.67. The minimum Gasteiger partial charge on any atom is -0.497 e. The molecule has 1 atom stereocenters. The maximum atomic E-state index is 12.5. The van der Waals surface area contributed by atoms with Gasteiger partial charge in [-0.1, -0.05) is 0 Å². The Morgan fingerprint density at radius 3 is 2.60 bits per heavy atom. The molecule has 0 aliphatic rings. The summed E-state index contributed by atoms with van der Waals surface area (Å²) in [5, 5.41) is 12.8. The number of rotatable bonds is 7. The number of hydrogen-bond acceptors (Lipinski definition) is 5. The summed E-state index contributed by atoms with van der Waals surface area (Å²) < 4.78 is 5.14. The Morgan fingerprint density at radius 1 is 1.36 bits per heavy atom. The molecule has 3 amide bonds. The second-order valence-electron chi connectivity index (χ2n) is 5.39. The number of carbonyl (C=O) groups excluding carboxylic acids is 2. The van der Waals surface area contributed by atoms with Gasteiger partial charge in [0.15, 0.2) is 0 Å². The number of ether oxygens (including phenoxy) is 1. The first kappa shape index (κ1) is 18.5. The van der Waals surface area contributed by atoms with E-state index >= 15 is 0 Å². The Balaban J connectivity index is 2.33. The Bertz CT molecular complexity index is 771. The molecule has 5 N–H and O–H groups in total. The SMILES string of the molecule is COc1ccc(-c2cc(C(=O)N[C@@H](C)CC=N)c(NC(N)=O)s2)cc1. The minimum absolute atomic E-state index is 0.184. The summed E-state index contributed by atoms with van der Waals surface area (Å²) in [5.41, 5.74) is 6.44. The van der Waals surface area contributed by atoms with Crippen LogP contribution in [0.2, 0.25) is 0 Å². The number of nitrogens with one attached hydrogen (secondary N) is 3. The summed E-state index contributed by atoms with van der Waals surface area (Å²) in [7, 11) is 1.59. The highest BCUT2D eigenvalue weighted by atomic mass is 32.1. The van der Waals surface area contributed by atoms with Gasteiger partial charge in [0.25, 0.3) is 5.91 Å². The summed E-state index contributed by atoms with van der Waals surface area (Å²) in [6.45, 7) is 1.81. The standard InChI is InChI=1S/C17H20N4O3S/c1-10(7-8-18)20-15(22)13-9-14(25-16(13)21-17(19)23)11-3-5-12(24-2)6-4-11/h3-6,8-10,18H,7H2,1-2H3,(H,20,22)(H3,19,21,23)/t10-/m0/s1. The van der Waals surface area contributed by atoms with Crippen molar-refractivity contribution >= 4 is 34.5 Å². The Morgan fingerprint density at radius 2 is 2.04 bits per heavy atom. The Kier molecular flexibility index (Phi) is 6.13. The lowest BCUT2D eigenvalue weighted by Crippen LogP contribution is -2.33. The highest BCUT2D eigenvalue weighted by molar-refractivity contribution is 7.20. The van der Waals surface area contributed by atoms with E-state index in [4.69, 9.17) is 15.9 Å². The third-order valence-corrected chi connectivity index (χ3v) is 4.54. The molecule has 0 fully saturated rings. The smallest absolute Gasteiger partial charge is 0.317 e. The number of urea groups is 1. The van der Waals surface area contributed by atoms with Crippen LogP contribution < -0.4 is 21.1 Å². The van der Waals surface area contributed by atoms with E-state index in [1.807, 2.05) is 24.3 Å². The minimum atomic E-state index is -0.732. The zero-order valence-electron chi connectivity index (χ0n) is 14.0. The van der Waals surface area contributed by atoms with Gasteiger partial charge in [0.05, 0.1) is 12.7 Å². The van der Waals surface area contributed by atoms with E-state index in [-0.39, 0.29) is 11.9 Å². The third kappa shape index (κ3) is 4.80. The van der Waals surface area contributed by atoms with Crippen molar-refractivity contribution in [3.8, 4) is 16.2 Å². The molecule has 1 heterocycles. The number of carbonyl (C=O) groups is 2. The Labute approximate surface area is 149 Å². The van der Waals surface area contributed by atoms with Crippen LogP contribution in [0.1, 0.15) is 23.7 Å². The number of amides is 3. The van der Waals surface area contributed by atoms with E-state index in [1.165, 1.54) is 17.6 Å². The predicted octanol–water partition coefficient (Wildman–Crippen LogP) is 3.07. The maximum absolute atomic E-state index is 12.5. The molecule has 2 rings (SSSR count). The first-order valence-electron chi connectivity index (χ1n) is 7.59. The first-order valence-corrected chi connectivity index (χ1v) is 8.40. The highest BCUT2D eigenvalue weighted by Gasteiger charge is 2.19. The van der Waals surface area contributed by atoms with Crippen LogP contribution in [0, 0.1) is 5.41 Å². The van der Waals surface area contributed by atoms with Gasteiger partial charge >= 0.3 is 6.03 Å². The molecule has 2 aromatic rings. The predicted molar refractivity (Wildman–Crippen MR) is 99.8 cm³/mol. The topological polar surface area (TPSA) is 117 Å². The molecule has 0 unspecified atom stereocenters. The summed E-state index contributed by atoms with van der Waals surface area (Å²) in [6, 6.07) is 8.19. The molecule has 0 aliphatic carbocycles. The number of primary amides is 1. The lowest BCUT2D eigenvalue weighted by molar-refractivity contribution is 0.0942. The summed E-state index contributed by atoms with van der Waals surface area (Å²) in [5.74, 6) is 0.406. The first-order chi connectivity index (χ1) is 11.9. The molecule has 0 saturated carbocycles. The van der Waals surface area contributed by atoms with Crippen molar-refractivity contribution in [3.63, 3.8) is 0 Å². The van der Waals surface area contributed by atoms with Gasteiger partial charge in [-0.15, -0.1) is 11.3 Å². The number of hydrogen-bond donors (Lipinski definition) is 4. The number of methoxy groups -OCH3 is 1. The van der Waals surface area contributed by atoms with Crippen LogP contribution in [0.5, 0.6) is 5.75 Å². The van der Waals surface area contributed by atoms with E-state index in [0.717, 1.165) is 16.2 Å². The fourth-order valence-electron chi connectivity index (χ4n) is 2.20. The van der Waals surface area contributed by atoms with Crippen LogP contribution in [-0.2, 0) is 0 Å². The van der Waals surface area contributed by atoms with Crippen molar-refractivity contribution in [3.05, 3.63) is 35.9 Å². The molecule has 8 heteroatoms. The monoisotopic (exact) mass is 360 g/mol. The van der Waals surface area contributed by atoms with Gasteiger partial charge in [0.2, 0.25) is 0 Å². The van der Waals surface area contributed by atoms with Crippen molar-refractivity contribution in [2.45, 2.75) is 19.4 Å². The molecule has 0 aliphatic heterocycles. The molecule has 1 aromatic carbocycles. The third-order valence-electron chi connectivity index (χ3n) is 3.44.